The Hall–Kier alpha value is -0.900. The van der Waals surface area contributed by atoms with Crippen molar-refractivity contribution >= 4 is 11.8 Å². The summed E-state index contributed by atoms with van der Waals surface area (Å²) in [5, 5.41) is 11.3. The summed E-state index contributed by atoms with van der Waals surface area (Å²) in [6, 6.07) is -0.203. The van der Waals surface area contributed by atoms with Crippen LogP contribution in [0.2, 0.25) is 0 Å². The molecule has 0 spiro atoms. The average Bonchev–Trinajstić information content (AvgIpc) is 2.31. The maximum absolute atomic E-state index is 10.9. The fourth-order valence-corrected chi connectivity index (χ4v) is 1.19. The van der Waals surface area contributed by atoms with Crippen molar-refractivity contribution in [1.82, 2.24) is 5.32 Å². The predicted octanol–water partition coefficient (Wildman–Crippen LogP) is -0.218. The molecule has 0 aromatic heterocycles. The van der Waals surface area contributed by atoms with Crippen molar-refractivity contribution in [3.05, 3.63) is 0 Å². The Bertz CT molecular complexity index is 179. The number of hydrogen-bond donors (Lipinski definition) is 2. The molecule has 0 bridgehead atoms. The van der Waals surface area contributed by atoms with E-state index in [1.807, 2.05) is 0 Å². The number of carboxylic acid groups (broad SMARTS) is 1. The minimum Gasteiger partial charge on any atom is -0.481 e. The molecule has 0 radical (unpaired) electrons. The van der Waals surface area contributed by atoms with E-state index in [9.17, 15) is 9.59 Å². The second kappa shape index (κ2) is 3.48. The largest absolute Gasteiger partial charge is 0.481 e. The van der Waals surface area contributed by atoms with E-state index in [1.54, 1.807) is 0 Å². The van der Waals surface area contributed by atoms with Crippen molar-refractivity contribution in [3.8, 4) is 0 Å². The van der Waals surface area contributed by atoms with Gasteiger partial charge in [-0.2, -0.15) is 0 Å². The zero-order chi connectivity index (χ0) is 8.27. The highest BCUT2D eigenvalue weighted by Crippen LogP contribution is 2.06. The zero-order valence-electron chi connectivity index (χ0n) is 6.17. The number of carbonyl (C=O) groups excluding carboxylic acids is 1. The van der Waals surface area contributed by atoms with E-state index in [0.717, 1.165) is 0 Å². The molecule has 4 heteroatoms. The van der Waals surface area contributed by atoms with Gasteiger partial charge in [0, 0.05) is 19.4 Å². The van der Waals surface area contributed by atoms with Crippen LogP contribution in [0, 0.1) is 0 Å². The fourth-order valence-electron chi connectivity index (χ4n) is 1.19. The normalized spacial score (nSPS) is 24.0. The summed E-state index contributed by atoms with van der Waals surface area (Å²) in [6.07, 6.45) is 1.04. The Labute approximate surface area is 64.6 Å². The highest BCUT2D eigenvalue weighted by Gasteiger charge is 2.23. The molecular formula is C7H11NO3. The number of carboxylic acids is 1. The molecular weight excluding hydrogens is 146 g/mol. The third-order valence-electron chi connectivity index (χ3n) is 1.80. The fraction of sp³-hybridized carbons (Fsp3) is 0.714. The van der Waals surface area contributed by atoms with Gasteiger partial charge in [-0.3, -0.25) is 9.59 Å². The number of rotatable bonds is 3. The molecule has 2 N–H and O–H groups in total. The lowest BCUT2D eigenvalue weighted by Crippen LogP contribution is -2.27. The lowest BCUT2D eigenvalue weighted by atomic mass is 10.1. The summed E-state index contributed by atoms with van der Waals surface area (Å²) in [6.45, 7) is 0.698. The van der Waals surface area contributed by atoms with Gasteiger partial charge >= 0.3 is 5.97 Å². The van der Waals surface area contributed by atoms with E-state index in [4.69, 9.17) is 5.11 Å². The number of nitrogens with one attached hydrogen (secondary N) is 1. The molecule has 1 aliphatic rings. The first kappa shape index (κ1) is 8.20. The molecule has 0 aliphatic carbocycles. The van der Waals surface area contributed by atoms with Crippen LogP contribution in [0.15, 0.2) is 0 Å². The number of hydrogen-bond acceptors (Lipinski definition) is 3. The van der Waals surface area contributed by atoms with E-state index < -0.39 is 5.97 Å². The minimum absolute atomic E-state index is 0.0728. The second-order valence-electron chi connectivity index (χ2n) is 2.66. The van der Waals surface area contributed by atoms with E-state index in [1.165, 1.54) is 0 Å². The van der Waals surface area contributed by atoms with Gasteiger partial charge in [-0.05, 0) is 6.42 Å². The quantitative estimate of drug-likeness (QED) is 0.594. The van der Waals surface area contributed by atoms with Crippen LogP contribution in [-0.4, -0.2) is 29.4 Å². The van der Waals surface area contributed by atoms with Crippen LogP contribution < -0.4 is 5.32 Å². The Morgan fingerprint density at radius 1 is 1.73 bits per heavy atom. The zero-order valence-corrected chi connectivity index (χ0v) is 6.17. The van der Waals surface area contributed by atoms with Crippen LogP contribution in [0.5, 0.6) is 0 Å². The highest BCUT2D eigenvalue weighted by atomic mass is 16.4. The highest BCUT2D eigenvalue weighted by molar-refractivity contribution is 5.86. The van der Waals surface area contributed by atoms with Crippen molar-refractivity contribution < 1.29 is 14.7 Å². The van der Waals surface area contributed by atoms with E-state index in [0.29, 0.717) is 19.4 Å². The van der Waals surface area contributed by atoms with Crippen LogP contribution in [0.25, 0.3) is 0 Å². The average molecular weight is 157 g/mol. The molecule has 4 nitrogen and oxygen atoms in total. The van der Waals surface area contributed by atoms with Crippen LogP contribution >= 0.6 is 0 Å². The smallest absolute Gasteiger partial charge is 0.303 e. The SMILES string of the molecule is O=C(O)CC[C@H]1NCCC1=O. The van der Waals surface area contributed by atoms with Gasteiger partial charge in [0.2, 0.25) is 0 Å². The summed E-state index contributed by atoms with van der Waals surface area (Å²) >= 11 is 0. The van der Waals surface area contributed by atoms with Crippen LogP contribution in [0.4, 0.5) is 0 Å². The lowest BCUT2D eigenvalue weighted by Gasteiger charge is -2.04. The van der Waals surface area contributed by atoms with Crippen LogP contribution in [0.1, 0.15) is 19.3 Å². The molecule has 0 unspecified atom stereocenters. The van der Waals surface area contributed by atoms with Gasteiger partial charge in [0.1, 0.15) is 0 Å². The van der Waals surface area contributed by atoms with Gasteiger partial charge in [-0.15, -0.1) is 0 Å². The first-order valence-corrected chi connectivity index (χ1v) is 3.68. The third-order valence-corrected chi connectivity index (χ3v) is 1.80. The van der Waals surface area contributed by atoms with Gasteiger partial charge in [0.25, 0.3) is 0 Å². The molecule has 1 aliphatic heterocycles. The molecule has 1 atom stereocenters. The van der Waals surface area contributed by atoms with Gasteiger partial charge in [0.05, 0.1) is 6.04 Å². The van der Waals surface area contributed by atoms with Crippen molar-refractivity contribution in [2.75, 3.05) is 6.54 Å². The topological polar surface area (TPSA) is 66.4 Å². The standard InChI is InChI=1S/C7H11NO3/c9-6-3-4-8-5(6)1-2-7(10)11/h5,8H,1-4H2,(H,10,11)/t5-/m1/s1. The van der Waals surface area contributed by atoms with Crippen LogP contribution in [-0.2, 0) is 9.59 Å². The number of carbonyl (C=O) groups is 2. The monoisotopic (exact) mass is 157 g/mol. The number of ketones is 1. The summed E-state index contributed by atoms with van der Waals surface area (Å²) < 4.78 is 0. The van der Waals surface area contributed by atoms with Gasteiger partial charge < -0.3 is 10.4 Å². The predicted molar refractivity (Wildman–Crippen MR) is 38.3 cm³/mol. The molecule has 1 heterocycles. The second-order valence-corrected chi connectivity index (χ2v) is 2.66. The first-order chi connectivity index (χ1) is 5.20. The van der Waals surface area contributed by atoms with Crippen molar-refractivity contribution in [2.45, 2.75) is 25.3 Å². The first-order valence-electron chi connectivity index (χ1n) is 3.68. The third kappa shape index (κ3) is 2.31. The van der Waals surface area contributed by atoms with Crippen molar-refractivity contribution in [3.63, 3.8) is 0 Å². The van der Waals surface area contributed by atoms with Crippen molar-refractivity contribution in [1.29, 1.82) is 0 Å². The molecule has 11 heavy (non-hydrogen) atoms. The molecule has 0 aromatic carbocycles. The molecule has 62 valence electrons. The van der Waals surface area contributed by atoms with Crippen LogP contribution in [0.3, 0.4) is 0 Å². The lowest BCUT2D eigenvalue weighted by molar-refractivity contribution is -0.137. The Morgan fingerprint density at radius 3 is 2.91 bits per heavy atom. The Balaban J connectivity index is 2.26. The molecule has 1 rings (SSSR count). The minimum atomic E-state index is -0.841. The summed E-state index contributed by atoms with van der Waals surface area (Å²) in [5.41, 5.74) is 0. The van der Waals surface area contributed by atoms with Gasteiger partial charge in [-0.1, -0.05) is 0 Å². The summed E-state index contributed by atoms with van der Waals surface area (Å²) in [4.78, 5) is 21.1. The molecule has 1 fully saturated rings. The number of aliphatic carboxylic acids is 1. The maximum atomic E-state index is 10.9. The van der Waals surface area contributed by atoms with Gasteiger partial charge in [0.15, 0.2) is 5.78 Å². The molecule has 0 saturated carbocycles. The number of Topliss-reactive ketones (excluding diaryl/α,β-unsaturated/α-hetero) is 1. The van der Waals surface area contributed by atoms with E-state index >= 15 is 0 Å². The van der Waals surface area contributed by atoms with Gasteiger partial charge in [-0.25, -0.2) is 0 Å². The Morgan fingerprint density at radius 2 is 2.45 bits per heavy atom. The van der Waals surface area contributed by atoms with E-state index in [2.05, 4.69) is 5.32 Å². The molecule has 0 amide bonds. The van der Waals surface area contributed by atoms with Crippen molar-refractivity contribution in [2.24, 2.45) is 0 Å². The summed E-state index contributed by atoms with van der Waals surface area (Å²) in [7, 11) is 0. The maximum Gasteiger partial charge on any atom is 0.303 e. The summed E-state index contributed by atoms with van der Waals surface area (Å²) in [5.74, 6) is -0.697. The molecule has 1 saturated heterocycles. The Kier molecular flexibility index (Phi) is 2.59. The van der Waals surface area contributed by atoms with E-state index in [-0.39, 0.29) is 18.2 Å². The molecule has 0 aromatic rings.